The van der Waals surface area contributed by atoms with Gasteiger partial charge in [0.25, 0.3) is 0 Å². The van der Waals surface area contributed by atoms with Crippen molar-refractivity contribution in [3.8, 4) is 5.75 Å². The van der Waals surface area contributed by atoms with E-state index < -0.39 is 18.0 Å². The number of ether oxygens (including phenoxy) is 2. The van der Waals surface area contributed by atoms with Gasteiger partial charge in [0.15, 0.2) is 11.6 Å². The van der Waals surface area contributed by atoms with Crippen LogP contribution in [0.25, 0.3) is 0 Å². The van der Waals surface area contributed by atoms with Gasteiger partial charge in [-0.2, -0.15) is 0 Å². The van der Waals surface area contributed by atoms with Crippen molar-refractivity contribution in [1.29, 1.82) is 0 Å². The van der Waals surface area contributed by atoms with E-state index in [2.05, 4.69) is 0 Å². The summed E-state index contributed by atoms with van der Waals surface area (Å²) in [5.41, 5.74) is 1.28. The summed E-state index contributed by atoms with van der Waals surface area (Å²) in [4.78, 5) is 0. The molecule has 20 heavy (non-hydrogen) atoms. The van der Waals surface area contributed by atoms with Crippen molar-refractivity contribution in [1.82, 2.24) is 0 Å². The highest BCUT2D eigenvalue weighted by Gasteiger charge is 2.23. The van der Waals surface area contributed by atoms with E-state index in [1.807, 2.05) is 30.3 Å². The Morgan fingerprint density at radius 1 is 1.00 bits per heavy atom. The highest BCUT2D eigenvalue weighted by atomic mass is 19.1. The fraction of sp³-hybridized carbons (Fsp3) is 0.250. The van der Waals surface area contributed by atoms with Gasteiger partial charge in [0.05, 0.1) is 7.11 Å². The summed E-state index contributed by atoms with van der Waals surface area (Å²) in [7, 11) is 2.91. The lowest BCUT2D eigenvalue weighted by molar-refractivity contribution is -0.0150. The molecule has 0 aliphatic rings. The lowest BCUT2D eigenvalue weighted by Crippen LogP contribution is -2.13. The van der Waals surface area contributed by atoms with E-state index in [4.69, 9.17) is 9.47 Å². The van der Waals surface area contributed by atoms with Crippen LogP contribution in [0, 0.1) is 5.82 Å². The Kier molecular flexibility index (Phi) is 4.71. The summed E-state index contributed by atoms with van der Waals surface area (Å²) in [5.74, 6) is -0.360. The van der Waals surface area contributed by atoms with E-state index in [1.54, 1.807) is 6.07 Å². The van der Waals surface area contributed by atoms with Gasteiger partial charge in [0.1, 0.15) is 12.2 Å². The lowest BCUT2D eigenvalue weighted by Gasteiger charge is -2.22. The summed E-state index contributed by atoms with van der Waals surface area (Å²) in [6.07, 6.45) is -1.51. The highest BCUT2D eigenvalue weighted by molar-refractivity contribution is 5.32. The molecule has 2 rings (SSSR count). The van der Waals surface area contributed by atoms with E-state index in [-0.39, 0.29) is 5.75 Å². The van der Waals surface area contributed by atoms with Crippen LogP contribution in [0.15, 0.2) is 48.5 Å². The Bertz CT molecular complexity index is 557. The smallest absolute Gasteiger partial charge is 0.165 e. The molecule has 2 aromatic carbocycles. The van der Waals surface area contributed by atoms with E-state index in [0.29, 0.717) is 5.56 Å². The lowest BCUT2D eigenvalue weighted by atomic mass is 9.98. The van der Waals surface area contributed by atoms with Gasteiger partial charge in [-0.05, 0) is 23.3 Å². The number of aliphatic hydroxyl groups is 1. The SMILES string of the molecule is COc1ccc(C(O)C(OC)c2ccccc2)cc1F. The van der Waals surface area contributed by atoms with E-state index in [0.717, 1.165) is 5.56 Å². The third-order valence-electron chi connectivity index (χ3n) is 3.19. The van der Waals surface area contributed by atoms with Crippen molar-refractivity contribution >= 4 is 0 Å². The van der Waals surface area contributed by atoms with Gasteiger partial charge in [0, 0.05) is 7.11 Å². The quantitative estimate of drug-likeness (QED) is 0.911. The molecule has 0 heterocycles. The number of methoxy groups -OCH3 is 2. The standard InChI is InChI=1S/C16H17FO3/c1-19-14-9-8-12(10-13(14)17)15(18)16(20-2)11-6-4-3-5-7-11/h3-10,15-16,18H,1-2H3. The first-order valence-corrected chi connectivity index (χ1v) is 6.26. The molecule has 4 heteroatoms. The zero-order chi connectivity index (χ0) is 14.5. The average Bonchev–Trinajstić information content (AvgIpc) is 2.49. The maximum absolute atomic E-state index is 13.7. The first-order valence-electron chi connectivity index (χ1n) is 6.26. The topological polar surface area (TPSA) is 38.7 Å². The van der Waals surface area contributed by atoms with Gasteiger partial charge in [-0.25, -0.2) is 4.39 Å². The number of hydrogen-bond donors (Lipinski definition) is 1. The van der Waals surface area contributed by atoms with Crippen LogP contribution in [-0.4, -0.2) is 19.3 Å². The first-order chi connectivity index (χ1) is 9.67. The van der Waals surface area contributed by atoms with Crippen LogP contribution >= 0.6 is 0 Å². The molecule has 0 aliphatic carbocycles. The molecular weight excluding hydrogens is 259 g/mol. The first kappa shape index (κ1) is 14.5. The van der Waals surface area contributed by atoms with Crippen LogP contribution in [0.4, 0.5) is 4.39 Å². The molecule has 0 saturated heterocycles. The average molecular weight is 276 g/mol. The molecule has 0 aromatic heterocycles. The summed E-state index contributed by atoms with van der Waals surface area (Å²) < 4.78 is 23.9. The van der Waals surface area contributed by atoms with Gasteiger partial charge < -0.3 is 14.6 Å². The molecule has 0 radical (unpaired) electrons. The minimum Gasteiger partial charge on any atom is -0.494 e. The molecule has 2 atom stereocenters. The summed E-state index contributed by atoms with van der Waals surface area (Å²) in [6.45, 7) is 0. The van der Waals surface area contributed by atoms with Gasteiger partial charge in [-0.15, -0.1) is 0 Å². The van der Waals surface area contributed by atoms with Crippen LogP contribution in [0.2, 0.25) is 0 Å². The summed E-state index contributed by atoms with van der Waals surface area (Å²) >= 11 is 0. The summed E-state index contributed by atoms with van der Waals surface area (Å²) in [6, 6.07) is 13.7. The molecule has 0 spiro atoms. The van der Waals surface area contributed by atoms with Gasteiger partial charge in [-0.3, -0.25) is 0 Å². The Labute approximate surface area is 117 Å². The maximum atomic E-state index is 13.7. The fourth-order valence-electron chi connectivity index (χ4n) is 2.13. The highest BCUT2D eigenvalue weighted by Crippen LogP contribution is 2.33. The predicted octanol–water partition coefficient (Wildman–Crippen LogP) is 3.26. The van der Waals surface area contributed by atoms with Crippen LogP contribution in [0.1, 0.15) is 23.3 Å². The third kappa shape index (κ3) is 2.98. The van der Waals surface area contributed by atoms with Gasteiger partial charge in [-0.1, -0.05) is 36.4 Å². The predicted molar refractivity (Wildman–Crippen MR) is 74.1 cm³/mol. The van der Waals surface area contributed by atoms with Crippen molar-refractivity contribution in [2.24, 2.45) is 0 Å². The number of aliphatic hydroxyl groups excluding tert-OH is 1. The Morgan fingerprint density at radius 3 is 2.25 bits per heavy atom. The van der Waals surface area contributed by atoms with E-state index in [1.165, 1.54) is 26.4 Å². The van der Waals surface area contributed by atoms with Gasteiger partial charge >= 0.3 is 0 Å². The van der Waals surface area contributed by atoms with Crippen molar-refractivity contribution in [3.05, 3.63) is 65.5 Å². The molecule has 0 saturated carbocycles. The normalized spacial score (nSPS) is 13.8. The number of hydrogen-bond acceptors (Lipinski definition) is 3. The second-order valence-electron chi connectivity index (χ2n) is 4.41. The monoisotopic (exact) mass is 276 g/mol. The second-order valence-corrected chi connectivity index (χ2v) is 4.41. The third-order valence-corrected chi connectivity index (χ3v) is 3.19. The fourth-order valence-corrected chi connectivity index (χ4v) is 2.13. The molecule has 0 fully saturated rings. The zero-order valence-corrected chi connectivity index (χ0v) is 11.4. The molecule has 0 bridgehead atoms. The number of halogens is 1. The number of benzene rings is 2. The molecule has 2 aromatic rings. The zero-order valence-electron chi connectivity index (χ0n) is 11.4. The van der Waals surface area contributed by atoms with Crippen molar-refractivity contribution in [3.63, 3.8) is 0 Å². The Morgan fingerprint density at radius 2 is 1.70 bits per heavy atom. The molecular formula is C16H17FO3. The minimum absolute atomic E-state index is 0.148. The van der Waals surface area contributed by atoms with Crippen LogP contribution in [0.3, 0.4) is 0 Å². The van der Waals surface area contributed by atoms with E-state index in [9.17, 15) is 9.50 Å². The molecule has 0 amide bonds. The van der Waals surface area contributed by atoms with Crippen molar-refractivity contribution < 1.29 is 19.0 Å². The maximum Gasteiger partial charge on any atom is 0.165 e. The van der Waals surface area contributed by atoms with Crippen LogP contribution < -0.4 is 4.74 Å². The Balaban J connectivity index is 2.29. The largest absolute Gasteiger partial charge is 0.494 e. The molecule has 1 N–H and O–H groups in total. The molecule has 0 aliphatic heterocycles. The molecule has 106 valence electrons. The van der Waals surface area contributed by atoms with Crippen LogP contribution in [-0.2, 0) is 4.74 Å². The van der Waals surface area contributed by atoms with Crippen molar-refractivity contribution in [2.45, 2.75) is 12.2 Å². The van der Waals surface area contributed by atoms with Crippen LogP contribution in [0.5, 0.6) is 5.75 Å². The summed E-state index contributed by atoms with van der Waals surface area (Å²) in [5, 5.41) is 10.4. The van der Waals surface area contributed by atoms with Crippen molar-refractivity contribution in [2.75, 3.05) is 14.2 Å². The van der Waals surface area contributed by atoms with Gasteiger partial charge in [0.2, 0.25) is 0 Å². The minimum atomic E-state index is -0.956. The number of rotatable bonds is 5. The molecule has 2 unspecified atom stereocenters. The van der Waals surface area contributed by atoms with E-state index >= 15 is 0 Å². The molecule has 3 nitrogen and oxygen atoms in total. The Hall–Kier alpha value is -1.91. The second kappa shape index (κ2) is 6.50.